The van der Waals surface area contributed by atoms with Crippen LogP contribution in [0.3, 0.4) is 0 Å². The minimum Gasteiger partial charge on any atom is -0.309 e. The van der Waals surface area contributed by atoms with Crippen LogP contribution in [0.2, 0.25) is 0 Å². The molecule has 0 radical (unpaired) electrons. The van der Waals surface area contributed by atoms with E-state index in [1.54, 1.807) is 0 Å². The fourth-order valence-corrected chi connectivity index (χ4v) is 2.31. The topological polar surface area (TPSA) is 18.5 Å². The third-order valence-corrected chi connectivity index (χ3v) is 3.22. The van der Waals surface area contributed by atoms with Gasteiger partial charge in [0.25, 0.3) is 0 Å². The first-order valence-electron chi connectivity index (χ1n) is 5.93. The molecule has 1 aliphatic rings. The summed E-state index contributed by atoms with van der Waals surface area (Å²) in [5, 5.41) is 3.49. The van der Waals surface area contributed by atoms with Crippen molar-refractivity contribution in [1.29, 1.82) is 0 Å². The smallest absolute Gasteiger partial charge is 0.0417 e. The van der Waals surface area contributed by atoms with Gasteiger partial charge >= 0.3 is 0 Å². The van der Waals surface area contributed by atoms with Crippen LogP contribution in [0, 0.1) is 0 Å². The summed E-state index contributed by atoms with van der Waals surface area (Å²) in [6, 6.07) is 0.954. The molecule has 0 aromatic heterocycles. The molecule has 0 saturated carbocycles. The SMILES string of the molecule is C=CC(NCC)C1CN(C)CCCN1C. The zero-order valence-electron chi connectivity index (χ0n) is 10.4. The third kappa shape index (κ3) is 3.59. The maximum atomic E-state index is 3.94. The van der Waals surface area contributed by atoms with Crippen LogP contribution in [0.5, 0.6) is 0 Å². The second-order valence-electron chi connectivity index (χ2n) is 4.48. The first-order valence-corrected chi connectivity index (χ1v) is 5.93. The molecule has 88 valence electrons. The molecular formula is C12H25N3. The molecule has 1 N–H and O–H groups in total. The van der Waals surface area contributed by atoms with Gasteiger partial charge in [-0.3, -0.25) is 0 Å². The van der Waals surface area contributed by atoms with E-state index in [1.807, 2.05) is 6.08 Å². The second kappa shape index (κ2) is 6.26. The molecule has 0 amide bonds. The van der Waals surface area contributed by atoms with E-state index in [2.05, 4.69) is 42.7 Å². The number of rotatable bonds is 4. The zero-order valence-corrected chi connectivity index (χ0v) is 10.4. The predicted molar refractivity (Wildman–Crippen MR) is 66.2 cm³/mol. The Morgan fingerprint density at radius 1 is 1.47 bits per heavy atom. The molecule has 0 spiro atoms. The zero-order chi connectivity index (χ0) is 11.3. The molecule has 1 heterocycles. The van der Waals surface area contributed by atoms with Crippen molar-refractivity contribution in [3.05, 3.63) is 12.7 Å². The van der Waals surface area contributed by atoms with Crippen LogP contribution in [0.4, 0.5) is 0 Å². The van der Waals surface area contributed by atoms with Crippen molar-refractivity contribution in [2.45, 2.75) is 25.4 Å². The molecule has 2 atom stereocenters. The third-order valence-electron chi connectivity index (χ3n) is 3.22. The van der Waals surface area contributed by atoms with E-state index in [-0.39, 0.29) is 0 Å². The van der Waals surface area contributed by atoms with Gasteiger partial charge in [-0.1, -0.05) is 13.0 Å². The molecule has 1 rings (SSSR count). The van der Waals surface area contributed by atoms with E-state index < -0.39 is 0 Å². The molecule has 1 aliphatic heterocycles. The van der Waals surface area contributed by atoms with Gasteiger partial charge < -0.3 is 15.1 Å². The Balaban J connectivity index is 2.64. The lowest BCUT2D eigenvalue weighted by atomic mass is 10.1. The van der Waals surface area contributed by atoms with Crippen molar-refractivity contribution in [2.75, 3.05) is 40.3 Å². The van der Waals surface area contributed by atoms with Gasteiger partial charge in [-0.05, 0) is 40.2 Å². The monoisotopic (exact) mass is 211 g/mol. The molecular weight excluding hydrogens is 186 g/mol. The first-order chi connectivity index (χ1) is 7.19. The highest BCUT2D eigenvalue weighted by Gasteiger charge is 2.25. The molecule has 15 heavy (non-hydrogen) atoms. The van der Waals surface area contributed by atoms with Crippen molar-refractivity contribution in [1.82, 2.24) is 15.1 Å². The van der Waals surface area contributed by atoms with Gasteiger partial charge in [-0.15, -0.1) is 6.58 Å². The Hall–Kier alpha value is -0.380. The van der Waals surface area contributed by atoms with Crippen LogP contribution in [-0.4, -0.2) is 62.2 Å². The van der Waals surface area contributed by atoms with Crippen LogP contribution in [-0.2, 0) is 0 Å². The largest absolute Gasteiger partial charge is 0.309 e. The fourth-order valence-electron chi connectivity index (χ4n) is 2.31. The Labute approximate surface area is 94.1 Å². The summed E-state index contributed by atoms with van der Waals surface area (Å²) in [6.07, 6.45) is 3.31. The summed E-state index contributed by atoms with van der Waals surface area (Å²) in [5.74, 6) is 0. The molecule has 3 nitrogen and oxygen atoms in total. The molecule has 0 aromatic rings. The predicted octanol–water partition coefficient (Wildman–Crippen LogP) is 0.786. The van der Waals surface area contributed by atoms with Crippen LogP contribution in [0.15, 0.2) is 12.7 Å². The molecule has 1 saturated heterocycles. The lowest BCUT2D eigenvalue weighted by Crippen LogP contribution is -2.51. The minimum absolute atomic E-state index is 0.403. The fraction of sp³-hybridized carbons (Fsp3) is 0.833. The first kappa shape index (κ1) is 12.7. The average Bonchev–Trinajstić information content (AvgIpc) is 2.37. The summed E-state index contributed by atoms with van der Waals surface area (Å²) >= 11 is 0. The lowest BCUT2D eigenvalue weighted by molar-refractivity contribution is 0.197. The number of hydrogen-bond donors (Lipinski definition) is 1. The number of likely N-dealkylation sites (N-methyl/N-ethyl adjacent to an activating group) is 3. The molecule has 0 aromatic carbocycles. The van der Waals surface area contributed by atoms with Crippen LogP contribution in [0.25, 0.3) is 0 Å². The number of nitrogens with one attached hydrogen (secondary N) is 1. The van der Waals surface area contributed by atoms with Gasteiger partial charge in [0.05, 0.1) is 0 Å². The van der Waals surface area contributed by atoms with Gasteiger partial charge in [0.1, 0.15) is 0 Å². The highest BCUT2D eigenvalue weighted by atomic mass is 15.2. The van der Waals surface area contributed by atoms with E-state index in [0.29, 0.717) is 12.1 Å². The van der Waals surface area contributed by atoms with Gasteiger partial charge in [0, 0.05) is 18.6 Å². The second-order valence-corrected chi connectivity index (χ2v) is 4.48. The highest BCUT2D eigenvalue weighted by Crippen LogP contribution is 2.11. The van der Waals surface area contributed by atoms with Crippen molar-refractivity contribution in [2.24, 2.45) is 0 Å². The molecule has 0 bridgehead atoms. The van der Waals surface area contributed by atoms with Crippen molar-refractivity contribution in [3.8, 4) is 0 Å². The van der Waals surface area contributed by atoms with E-state index >= 15 is 0 Å². The van der Waals surface area contributed by atoms with Crippen LogP contribution >= 0.6 is 0 Å². The van der Waals surface area contributed by atoms with E-state index in [9.17, 15) is 0 Å². The van der Waals surface area contributed by atoms with Gasteiger partial charge in [-0.2, -0.15) is 0 Å². The number of nitrogens with zero attached hydrogens (tertiary/aromatic N) is 2. The molecule has 1 fully saturated rings. The van der Waals surface area contributed by atoms with E-state index in [1.165, 1.54) is 19.5 Å². The Kier molecular flexibility index (Phi) is 5.29. The van der Waals surface area contributed by atoms with Crippen molar-refractivity contribution >= 4 is 0 Å². The Morgan fingerprint density at radius 2 is 2.20 bits per heavy atom. The van der Waals surface area contributed by atoms with Crippen molar-refractivity contribution < 1.29 is 0 Å². The lowest BCUT2D eigenvalue weighted by Gasteiger charge is -2.33. The summed E-state index contributed by atoms with van der Waals surface area (Å²) in [5.41, 5.74) is 0. The van der Waals surface area contributed by atoms with E-state index in [4.69, 9.17) is 0 Å². The summed E-state index contributed by atoms with van der Waals surface area (Å²) in [4.78, 5) is 4.88. The van der Waals surface area contributed by atoms with E-state index in [0.717, 1.165) is 13.1 Å². The van der Waals surface area contributed by atoms with Crippen molar-refractivity contribution in [3.63, 3.8) is 0 Å². The summed E-state index contributed by atoms with van der Waals surface area (Å²) in [6.45, 7) is 10.6. The van der Waals surface area contributed by atoms with Gasteiger partial charge in [-0.25, -0.2) is 0 Å². The maximum Gasteiger partial charge on any atom is 0.0417 e. The van der Waals surface area contributed by atoms with Gasteiger partial charge in [0.15, 0.2) is 0 Å². The number of hydrogen-bond acceptors (Lipinski definition) is 3. The molecule has 3 heteroatoms. The summed E-state index contributed by atoms with van der Waals surface area (Å²) < 4.78 is 0. The minimum atomic E-state index is 0.403. The summed E-state index contributed by atoms with van der Waals surface area (Å²) in [7, 11) is 4.43. The highest BCUT2D eigenvalue weighted by molar-refractivity contribution is 4.97. The van der Waals surface area contributed by atoms with Crippen LogP contribution in [0.1, 0.15) is 13.3 Å². The average molecular weight is 211 g/mol. The standard InChI is InChI=1S/C12H25N3/c1-5-11(13-6-2)12-10-14(3)8-7-9-15(12)4/h5,11-13H,1,6-10H2,2-4H3. The maximum absolute atomic E-state index is 3.94. The van der Waals surface area contributed by atoms with Gasteiger partial charge in [0.2, 0.25) is 0 Å². The van der Waals surface area contributed by atoms with Crippen LogP contribution < -0.4 is 5.32 Å². The molecule has 0 aliphatic carbocycles. The Bertz CT molecular complexity index is 193. The quantitative estimate of drug-likeness (QED) is 0.694. The molecule has 2 unspecified atom stereocenters. The Morgan fingerprint density at radius 3 is 2.80 bits per heavy atom. The normalized spacial score (nSPS) is 27.3.